The van der Waals surface area contributed by atoms with Crippen LogP contribution >= 0.6 is 0 Å². The first-order valence-electron chi connectivity index (χ1n) is 11.5. The van der Waals surface area contributed by atoms with Crippen molar-refractivity contribution in [2.45, 2.75) is 53.1 Å². The zero-order valence-corrected chi connectivity index (χ0v) is 20.7. The third-order valence-corrected chi connectivity index (χ3v) is 7.32. The molecule has 1 aromatic carbocycles. The van der Waals surface area contributed by atoms with Crippen LogP contribution in [0.15, 0.2) is 24.3 Å². The fourth-order valence-electron chi connectivity index (χ4n) is 4.26. The number of benzene rings is 1. The molecular formula is C23H36FN5O2S. The molecular weight excluding hydrogens is 429 g/mol. The summed E-state index contributed by atoms with van der Waals surface area (Å²) in [6, 6.07) is 6.79. The van der Waals surface area contributed by atoms with E-state index < -0.39 is 10.0 Å². The molecule has 0 aliphatic carbocycles. The fraction of sp³-hybridized carbons (Fsp3) is 0.609. The molecule has 1 fully saturated rings. The Balaban J connectivity index is 2.09. The van der Waals surface area contributed by atoms with Crippen LogP contribution in [0.4, 0.5) is 10.2 Å². The molecule has 2 aromatic rings. The average molecular weight is 466 g/mol. The summed E-state index contributed by atoms with van der Waals surface area (Å²) in [6.45, 7) is 12.7. The maximum atomic E-state index is 13.6. The summed E-state index contributed by atoms with van der Waals surface area (Å²) in [6.07, 6.45) is 2.69. The number of aromatic nitrogens is 2. The third kappa shape index (κ3) is 5.50. The van der Waals surface area contributed by atoms with Gasteiger partial charge in [0, 0.05) is 50.9 Å². The number of piperazine rings is 1. The van der Waals surface area contributed by atoms with Crippen molar-refractivity contribution in [3.8, 4) is 5.69 Å². The topological polar surface area (TPSA) is 61.7 Å². The molecule has 1 saturated heterocycles. The van der Waals surface area contributed by atoms with Crippen LogP contribution in [0.3, 0.4) is 0 Å². The van der Waals surface area contributed by atoms with Crippen LogP contribution in [-0.4, -0.2) is 72.4 Å². The average Bonchev–Trinajstić information content (AvgIpc) is 3.11. The summed E-state index contributed by atoms with van der Waals surface area (Å²) >= 11 is 0. The second-order valence-corrected chi connectivity index (χ2v) is 10.7. The summed E-state index contributed by atoms with van der Waals surface area (Å²) in [5.41, 5.74) is 2.59. The number of halogens is 1. The first-order valence-corrected chi connectivity index (χ1v) is 13.3. The second kappa shape index (κ2) is 10.3. The minimum Gasteiger partial charge on any atom is -0.354 e. The number of aryl methyl sites for hydroxylation is 1. The van der Waals surface area contributed by atoms with Crippen molar-refractivity contribution >= 4 is 15.8 Å². The molecule has 0 saturated carbocycles. The standard InChI is InChI=1S/C23H36FN5O2S/c1-6-12-28(32(5,30)31)17-21-22(7-2)25-29(20-10-8-19(24)9-11-20)23(21)27-15-13-26(14-16-27)18(3)4/h8-11,18H,6-7,12-17H2,1-5H3. The van der Waals surface area contributed by atoms with Gasteiger partial charge in [-0.05, 0) is 51.0 Å². The number of hydrogen-bond acceptors (Lipinski definition) is 5. The van der Waals surface area contributed by atoms with Gasteiger partial charge in [0.25, 0.3) is 0 Å². The van der Waals surface area contributed by atoms with Gasteiger partial charge in [0.2, 0.25) is 10.0 Å². The molecule has 0 unspecified atom stereocenters. The maximum absolute atomic E-state index is 13.6. The first-order chi connectivity index (χ1) is 15.2. The van der Waals surface area contributed by atoms with Gasteiger partial charge in [-0.2, -0.15) is 9.40 Å². The summed E-state index contributed by atoms with van der Waals surface area (Å²) in [7, 11) is -3.36. The van der Waals surface area contributed by atoms with E-state index in [4.69, 9.17) is 5.10 Å². The lowest BCUT2D eigenvalue weighted by Crippen LogP contribution is -2.49. The first kappa shape index (κ1) is 24.7. The summed E-state index contributed by atoms with van der Waals surface area (Å²) in [4.78, 5) is 4.74. The van der Waals surface area contributed by atoms with E-state index in [0.717, 1.165) is 55.4 Å². The van der Waals surface area contributed by atoms with E-state index in [0.29, 0.717) is 19.0 Å². The van der Waals surface area contributed by atoms with Gasteiger partial charge in [0.05, 0.1) is 17.6 Å². The Morgan fingerprint density at radius 2 is 1.72 bits per heavy atom. The van der Waals surface area contributed by atoms with Gasteiger partial charge in [-0.3, -0.25) is 4.90 Å². The van der Waals surface area contributed by atoms with Crippen molar-refractivity contribution in [3.63, 3.8) is 0 Å². The van der Waals surface area contributed by atoms with E-state index in [9.17, 15) is 12.8 Å². The lowest BCUT2D eigenvalue weighted by molar-refractivity contribution is 0.208. The van der Waals surface area contributed by atoms with Gasteiger partial charge in [-0.1, -0.05) is 13.8 Å². The number of sulfonamides is 1. The van der Waals surface area contributed by atoms with E-state index in [1.807, 2.05) is 18.5 Å². The number of hydrogen-bond donors (Lipinski definition) is 0. The highest BCUT2D eigenvalue weighted by Gasteiger charge is 2.29. The van der Waals surface area contributed by atoms with Crippen molar-refractivity contribution in [2.75, 3.05) is 43.9 Å². The molecule has 1 aliphatic heterocycles. The summed E-state index contributed by atoms with van der Waals surface area (Å²) in [5.74, 6) is 0.622. The van der Waals surface area contributed by atoms with Crippen molar-refractivity contribution in [2.24, 2.45) is 0 Å². The Labute approximate surface area is 191 Å². The van der Waals surface area contributed by atoms with Crippen LogP contribution < -0.4 is 4.90 Å². The fourth-order valence-corrected chi connectivity index (χ4v) is 5.13. The molecule has 0 bridgehead atoms. The smallest absolute Gasteiger partial charge is 0.211 e. The monoisotopic (exact) mass is 465 g/mol. The van der Waals surface area contributed by atoms with Gasteiger partial charge >= 0.3 is 0 Å². The van der Waals surface area contributed by atoms with E-state index in [2.05, 4.69) is 23.6 Å². The predicted octanol–water partition coefficient (Wildman–Crippen LogP) is 3.28. The second-order valence-electron chi connectivity index (χ2n) is 8.70. The number of nitrogens with zero attached hydrogens (tertiary/aromatic N) is 5. The number of anilines is 1. The Bertz CT molecular complexity index is 996. The molecule has 178 valence electrons. The van der Waals surface area contributed by atoms with Crippen molar-refractivity contribution in [1.82, 2.24) is 19.0 Å². The minimum atomic E-state index is -3.36. The van der Waals surface area contributed by atoms with Gasteiger partial charge in [-0.15, -0.1) is 0 Å². The van der Waals surface area contributed by atoms with Gasteiger partial charge < -0.3 is 4.90 Å². The van der Waals surface area contributed by atoms with Crippen molar-refractivity contribution < 1.29 is 12.8 Å². The quantitative estimate of drug-likeness (QED) is 0.569. The van der Waals surface area contributed by atoms with Gasteiger partial charge in [-0.25, -0.2) is 17.5 Å². The molecule has 0 amide bonds. The highest BCUT2D eigenvalue weighted by molar-refractivity contribution is 7.88. The van der Waals surface area contributed by atoms with Gasteiger partial charge in [0.15, 0.2) is 0 Å². The normalized spacial score (nSPS) is 15.8. The minimum absolute atomic E-state index is 0.288. The number of rotatable bonds is 9. The molecule has 7 nitrogen and oxygen atoms in total. The van der Waals surface area contributed by atoms with Crippen LogP contribution in [0.1, 0.15) is 45.4 Å². The zero-order valence-electron chi connectivity index (χ0n) is 19.9. The van der Waals surface area contributed by atoms with E-state index in [-0.39, 0.29) is 12.4 Å². The van der Waals surface area contributed by atoms with E-state index >= 15 is 0 Å². The van der Waals surface area contributed by atoms with E-state index in [1.165, 1.54) is 22.7 Å². The zero-order chi connectivity index (χ0) is 23.5. The maximum Gasteiger partial charge on any atom is 0.211 e. The molecule has 2 heterocycles. The lowest BCUT2D eigenvalue weighted by atomic mass is 10.1. The molecule has 0 spiro atoms. The van der Waals surface area contributed by atoms with Crippen LogP contribution in [-0.2, 0) is 23.0 Å². The SMILES string of the molecule is CCCN(Cc1c(CC)nn(-c2ccc(F)cc2)c1N1CCN(C(C)C)CC1)S(C)(=O)=O. The third-order valence-electron chi connectivity index (χ3n) is 6.07. The van der Waals surface area contributed by atoms with E-state index in [1.54, 1.807) is 12.1 Å². The molecule has 9 heteroatoms. The lowest BCUT2D eigenvalue weighted by Gasteiger charge is -2.38. The predicted molar refractivity (Wildman–Crippen MR) is 127 cm³/mol. The van der Waals surface area contributed by atoms with Crippen molar-refractivity contribution in [1.29, 1.82) is 0 Å². The van der Waals surface area contributed by atoms with Gasteiger partial charge in [0.1, 0.15) is 11.6 Å². The molecule has 0 atom stereocenters. The molecule has 0 radical (unpaired) electrons. The molecule has 3 rings (SSSR count). The van der Waals surface area contributed by atoms with Crippen LogP contribution in [0.2, 0.25) is 0 Å². The molecule has 32 heavy (non-hydrogen) atoms. The summed E-state index contributed by atoms with van der Waals surface area (Å²) in [5, 5.41) is 4.87. The Morgan fingerprint density at radius 3 is 2.22 bits per heavy atom. The van der Waals surface area contributed by atoms with Crippen LogP contribution in [0.25, 0.3) is 5.69 Å². The Hall–Kier alpha value is -1.97. The Kier molecular flexibility index (Phi) is 7.95. The molecule has 1 aromatic heterocycles. The van der Waals surface area contributed by atoms with Crippen LogP contribution in [0, 0.1) is 5.82 Å². The van der Waals surface area contributed by atoms with Crippen LogP contribution in [0.5, 0.6) is 0 Å². The summed E-state index contributed by atoms with van der Waals surface area (Å²) < 4.78 is 42.0. The Morgan fingerprint density at radius 1 is 1.09 bits per heavy atom. The highest BCUT2D eigenvalue weighted by Crippen LogP contribution is 2.31. The molecule has 1 aliphatic rings. The largest absolute Gasteiger partial charge is 0.354 e. The van der Waals surface area contributed by atoms with Crippen molar-refractivity contribution in [3.05, 3.63) is 41.3 Å². The highest BCUT2D eigenvalue weighted by atomic mass is 32.2. The molecule has 0 N–H and O–H groups in total.